The fraction of sp³-hybridized carbons (Fsp3) is 1.00. The van der Waals surface area contributed by atoms with Crippen molar-refractivity contribution in [3.8, 4) is 0 Å². The Morgan fingerprint density at radius 1 is 0.812 bits per heavy atom. The number of unbranched alkanes of at least 4 members (excludes halogenated alkanes) is 8. The molecule has 0 atom stereocenters. The molecule has 3 nitrogen and oxygen atoms in total. The SMILES string of the molecule is CCCCCCCCCCCS(=O)(=O)O.[Li]. The second kappa shape index (κ2) is 12.0. The molecule has 0 saturated carbocycles. The van der Waals surface area contributed by atoms with Crippen LogP contribution in [0.1, 0.15) is 64.7 Å². The summed E-state index contributed by atoms with van der Waals surface area (Å²) >= 11 is 0. The van der Waals surface area contributed by atoms with Gasteiger partial charge >= 0.3 is 0 Å². The van der Waals surface area contributed by atoms with E-state index in [0.29, 0.717) is 6.42 Å². The van der Waals surface area contributed by atoms with E-state index in [-0.39, 0.29) is 24.6 Å². The van der Waals surface area contributed by atoms with Gasteiger partial charge < -0.3 is 0 Å². The molecular weight excluding hydrogens is 219 g/mol. The summed E-state index contributed by atoms with van der Waals surface area (Å²) in [4.78, 5) is 0. The minimum Gasteiger partial charge on any atom is -0.286 e. The van der Waals surface area contributed by atoms with Crippen molar-refractivity contribution in [2.45, 2.75) is 64.7 Å². The van der Waals surface area contributed by atoms with Crippen LogP contribution in [0.25, 0.3) is 0 Å². The molecule has 0 aromatic carbocycles. The van der Waals surface area contributed by atoms with Crippen LogP contribution in [0.5, 0.6) is 0 Å². The van der Waals surface area contributed by atoms with Gasteiger partial charge in [-0.05, 0) is 6.42 Å². The molecule has 0 saturated heterocycles. The van der Waals surface area contributed by atoms with Crippen molar-refractivity contribution in [1.82, 2.24) is 0 Å². The van der Waals surface area contributed by atoms with Gasteiger partial charge in [-0.2, -0.15) is 8.42 Å². The van der Waals surface area contributed by atoms with Gasteiger partial charge in [-0.1, -0.05) is 58.3 Å². The summed E-state index contributed by atoms with van der Waals surface area (Å²) in [5, 5.41) is 0. The monoisotopic (exact) mass is 243 g/mol. The maximum Gasteiger partial charge on any atom is 0.264 e. The minimum absolute atomic E-state index is 0. The molecule has 1 N–H and O–H groups in total. The summed E-state index contributed by atoms with van der Waals surface area (Å²) in [6, 6.07) is 0. The van der Waals surface area contributed by atoms with Crippen LogP contribution in [0.3, 0.4) is 0 Å². The van der Waals surface area contributed by atoms with E-state index in [4.69, 9.17) is 4.55 Å². The first-order valence-corrected chi connectivity index (χ1v) is 7.62. The molecule has 0 aromatic rings. The van der Waals surface area contributed by atoms with Crippen molar-refractivity contribution in [3.63, 3.8) is 0 Å². The second-order valence-corrected chi connectivity index (χ2v) is 5.69. The van der Waals surface area contributed by atoms with E-state index < -0.39 is 10.1 Å². The average Bonchev–Trinajstić information content (AvgIpc) is 2.14. The fourth-order valence-electron chi connectivity index (χ4n) is 1.60. The van der Waals surface area contributed by atoms with Crippen LogP contribution in [0.2, 0.25) is 0 Å². The summed E-state index contributed by atoms with van der Waals surface area (Å²) in [7, 11) is -3.73. The molecule has 5 heteroatoms. The van der Waals surface area contributed by atoms with Crippen molar-refractivity contribution in [1.29, 1.82) is 0 Å². The summed E-state index contributed by atoms with van der Waals surface area (Å²) in [6.45, 7) is 2.20. The van der Waals surface area contributed by atoms with Gasteiger partial charge in [0, 0.05) is 18.9 Å². The van der Waals surface area contributed by atoms with Crippen molar-refractivity contribution in [2.24, 2.45) is 0 Å². The van der Waals surface area contributed by atoms with E-state index in [1.54, 1.807) is 0 Å². The quantitative estimate of drug-likeness (QED) is 0.364. The van der Waals surface area contributed by atoms with Gasteiger partial charge in [0.1, 0.15) is 0 Å². The molecule has 0 aromatic heterocycles. The maximum absolute atomic E-state index is 10.4. The van der Waals surface area contributed by atoms with E-state index in [9.17, 15) is 8.42 Å². The van der Waals surface area contributed by atoms with Crippen LogP contribution in [0.4, 0.5) is 0 Å². The third-order valence-corrected chi connectivity index (χ3v) is 3.31. The van der Waals surface area contributed by atoms with E-state index in [2.05, 4.69) is 6.92 Å². The molecule has 0 bridgehead atoms. The third kappa shape index (κ3) is 16.9. The Morgan fingerprint density at radius 3 is 1.56 bits per heavy atom. The normalized spacial score (nSPS) is 11.1. The first-order chi connectivity index (χ1) is 7.06. The van der Waals surface area contributed by atoms with Crippen molar-refractivity contribution < 1.29 is 13.0 Å². The topological polar surface area (TPSA) is 54.4 Å². The predicted molar refractivity (Wildman–Crippen MR) is 69.4 cm³/mol. The molecule has 93 valence electrons. The van der Waals surface area contributed by atoms with Crippen molar-refractivity contribution >= 4 is 29.0 Å². The number of hydrogen-bond donors (Lipinski definition) is 1. The van der Waals surface area contributed by atoms with Crippen LogP contribution >= 0.6 is 0 Å². The Balaban J connectivity index is 0. The summed E-state index contributed by atoms with van der Waals surface area (Å²) in [5.74, 6) is -0.0805. The van der Waals surface area contributed by atoms with Gasteiger partial charge in [-0.3, -0.25) is 4.55 Å². The summed E-state index contributed by atoms with van der Waals surface area (Å²) in [5.41, 5.74) is 0. The standard InChI is InChI=1S/C11H24O3S.Li/c1-2-3-4-5-6-7-8-9-10-11-15(12,13)14;/h2-11H2,1H3,(H,12,13,14);. The molecule has 0 heterocycles. The summed E-state index contributed by atoms with van der Waals surface area (Å²) in [6.07, 6.45) is 10.2. The molecule has 0 fully saturated rings. The third-order valence-electron chi connectivity index (χ3n) is 2.51. The molecule has 0 aliphatic carbocycles. The number of rotatable bonds is 10. The van der Waals surface area contributed by atoms with Crippen LogP contribution in [0.15, 0.2) is 0 Å². The second-order valence-electron chi connectivity index (χ2n) is 4.11. The van der Waals surface area contributed by atoms with Crippen molar-refractivity contribution in [2.75, 3.05) is 5.75 Å². The first-order valence-electron chi connectivity index (χ1n) is 6.01. The van der Waals surface area contributed by atoms with Crippen LogP contribution in [0, 0.1) is 0 Å². The van der Waals surface area contributed by atoms with Crippen LogP contribution in [-0.4, -0.2) is 37.6 Å². The zero-order chi connectivity index (χ0) is 11.6. The zero-order valence-electron chi connectivity index (χ0n) is 10.7. The molecule has 0 spiro atoms. The van der Waals surface area contributed by atoms with E-state index >= 15 is 0 Å². The predicted octanol–water partition coefficient (Wildman–Crippen LogP) is 3.02. The molecule has 0 unspecified atom stereocenters. The molecule has 0 rings (SSSR count). The average molecular weight is 243 g/mol. The summed E-state index contributed by atoms with van der Waals surface area (Å²) < 4.78 is 29.3. The van der Waals surface area contributed by atoms with Crippen LogP contribution < -0.4 is 0 Å². The maximum atomic E-state index is 10.4. The van der Waals surface area contributed by atoms with Gasteiger partial charge in [0.15, 0.2) is 0 Å². The molecule has 1 radical (unpaired) electrons. The molecule has 16 heavy (non-hydrogen) atoms. The number of hydrogen-bond acceptors (Lipinski definition) is 2. The van der Waals surface area contributed by atoms with Gasteiger partial charge in [-0.15, -0.1) is 0 Å². The Kier molecular flexibility index (Phi) is 14.1. The fourth-order valence-corrected chi connectivity index (χ4v) is 2.16. The van der Waals surface area contributed by atoms with Gasteiger partial charge in [0.05, 0.1) is 5.75 Å². The largest absolute Gasteiger partial charge is 0.286 e. The van der Waals surface area contributed by atoms with Crippen molar-refractivity contribution in [3.05, 3.63) is 0 Å². The Hall–Kier alpha value is 0.507. The first kappa shape index (κ1) is 18.9. The van der Waals surface area contributed by atoms with Gasteiger partial charge in [0.2, 0.25) is 0 Å². The van der Waals surface area contributed by atoms with Gasteiger partial charge in [-0.25, -0.2) is 0 Å². The minimum atomic E-state index is -3.73. The Bertz CT molecular complexity index is 227. The molecule has 0 amide bonds. The molecular formula is C11H24LiO3S. The van der Waals surface area contributed by atoms with E-state index in [1.807, 2.05) is 0 Å². The Labute approximate surface area is 112 Å². The Morgan fingerprint density at radius 2 is 1.19 bits per heavy atom. The molecule has 0 aliphatic heterocycles. The van der Waals surface area contributed by atoms with Gasteiger partial charge in [0.25, 0.3) is 10.1 Å². The van der Waals surface area contributed by atoms with E-state index in [1.165, 1.54) is 38.5 Å². The zero-order valence-corrected chi connectivity index (χ0v) is 11.6. The van der Waals surface area contributed by atoms with E-state index in [0.717, 1.165) is 12.8 Å². The smallest absolute Gasteiger partial charge is 0.264 e. The molecule has 0 aliphatic rings. The van der Waals surface area contributed by atoms with Crippen LogP contribution in [-0.2, 0) is 10.1 Å².